The molecular weight excluding hydrogens is 723 g/mol. The van der Waals surface area contributed by atoms with E-state index < -0.39 is 8.07 Å². The van der Waals surface area contributed by atoms with Crippen molar-refractivity contribution >= 4 is 46.2 Å². The Labute approximate surface area is 268 Å². The first-order valence-corrected chi connectivity index (χ1v) is 18.0. The first-order chi connectivity index (χ1) is 20.2. The molecule has 7 aromatic rings. The second-order valence-corrected chi connectivity index (χ2v) is 16.8. The van der Waals surface area contributed by atoms with E-state index in [1.54, 1.807) is 0 Å². The van der Waals surface area contributed by atoms with E-state index in [2.05, 4.69) is 105 Å². The molecule has 3 aromatic heterocycles. The molecule has 0 saturated carbocycles. The first-order valence-electron chi connectivity index (χ1n) is 14.5. The zero-order valence-electron chi connectivity index (χ0n) is 25.5. The Kier molecular flexibility index (Phi) is 8.84. The predicted octanol–water partition coefficient (Wildman–Crippen LogP) is 9.13. The summed E-state index contributed by atoms with van der Waals surface area (Å²) in [4.78, 5) is 9.46. The number of benzene rings is 4. The van der Waals surface area contributed by atoms with Crippen molar-refractivity contribution in [2.75, 3.05) is 0 Å². The molecular formula is C37H35IrN3OSi-2. The second-order valence-electron chi connectivity index (χ2n) is 11.8. The summed E-state index contributed by atoms with van der Waals surface area (Å²) in [5, 5.41) is 3.68. The molecule has 43 heavy (non-hydrogen) atoms. The molecule has 0 aliphatic rings. The molecule has 0 bridgehead atoms. The summed E-state index contributed by atoms with van der Waals surface area (Å²) in [7, 11) is -1.28. The summed E-state index contributed by atoms with van der Waals surface area (Å²) < 4.78 is 8.36. The number of rotatable bonds is 4. The molecule has 6 heteroatoms. The molecule has 0 spiro atoms. The number of hydrogen-bond donors (Lipinski definition) is 0. The summed E-state index contributed by atoms with van der Waals surface area (Å²) in [5.41, 5.74) is 9.48. The fourth-order valence-electron chi connectivity index (χ4n) is 5.59. The maximum absolute atomic E-state index is 6.15. The number of aryl methyl sites for hydroxylation is 3. The summed E-state index contributed by atoms with van der Waals surface area (Å²) in [6.45, 7) is 14.3. The molecule has 0 aliphatic heterocycles. The number of fused-ring (bicyclic) bond motifs is 4. The van der Waals surface area contributed by atoms with Gasteiger partial charge in [-0.25, -0.2) is 0 Å². The van der Waals surface area contributed by atoms with E-state index in [0.29, 0.717) is 0 Å². The van der Waals surface area contributed by atoms with E-state index in [0.717, 1.165) is 62.2 Å². The third kappa shape index (κ3) is 6.01. The smallest absolute Gasteiger partial charge is 0.120 e. The van der Waals surface area contributed by atoms with Crippen LogP contribution >= 0.6 is 0 Å². The number of nitrogens with zero attached hydrogens (tertiary/aromatic N) is 3. The van der Waals surface area contributed by atoms with Crippen LogP contribution < -0.4 is 5.19 Å². The third-order valence-corrected chi connectivity index (χ3v) is 9.84. The molecule has 0 atom stereocenters. The Balaban J connectivity index is 0.000000175. The maximum Gasteiger partial charge on any atom is 0.120 e. The van der Waals surface area contributed by atoms with Crippen LogP contribution in [0.1, 0.15) is 18.1 Å². The van der Waals surface area contributed by atoms with E-state index in [4.69, 9.17) is 9.40 Å². The molecule has 4 aromatic carbocycles. The van der Waals surface area contributed by atoms with Crippen molar-refractivity contribution in [3.8, 4) is 22.6 Å². The number of para-hydroxylation sites is 3. The van der Waals surface area contributed by atoms with Gasteiger partial charge in [0.05, 0.1) is 30.5 Å². The van der Waals surface area contributed by atoms with Gasteiger partial charge in [-0.2, -0.15) is 0 Å². The summed E-state index contributed by atoms with van der Waals surface area (Å²) in [5.74, 6) is 0.906. The van der Waals surface area contributed by atoms with Gasteiger partial charge in [-0.1, -0.05) is 79.5 Å². The SMILES string of the molecule is CCn1c(-c2[c-]ccc3c2oc2ccccc23)nc2ccccc21.Cc1c[c-]c(-c2cc(C)c([Si](C)(C)C)cn2)cc1.[Ir]. The van der Waals surface area contributed by atoms with E-state index in [1.165, 1.54) is 16.3 Å². The minimum atomic E-state index is -1.28. The fourth-order valence-corrected chi connectivity index (χ4v) is 7.30. The minimum Gasteiger partial charge on any atom is -0.501 e. The molecule has 1 radical (unpaired) electrons. The van der Waals surface area contributed by atoms with Crippen molar-refractivity contribution < 1.29 is 24.5 Å². The van der Waals surface area contributed by atoms with Gasteiger partial charge in [-0.3, -0.25) is 4.98 Å². The van der Waals surface area contributed by atoms with Gasteiger partial charge in [0.1, 0.15) is 5.58 Å². The number of pyridine rings is 1. The van der Waals surface area contributed by atoms with Crippen LogP contribution in [0.25, 0.3) is 55.6 Å². The molecule has 219 valence electrons. The van der Waals surface area contributed by atoms with Gasteiger partial charge >= 0.3 is 0 Å². The van der Waals surface area contributed by atoms with Crippen LogP contribution in [0.2, 0.25) is 19.6 Å². The zero-order chi connectivity index (χ0) is 29.4. The van der Waals surface area contributed by atoms with Crippen LogP contribution in [0.4, 0.5) is 0 Å². The third-order valence-electron chi connectivity index (χ3n) is 7.70. The molecule has 0 unspecified atom stereocenters. The van der Waals surface area contributed by atoms with Crippen LogP contribution in [0.3, 0.4) is 0 Å². The monoisotopic (exact) mass is 758 g/mol. The van der Waals surface area contributed by atoms with E-state index in [1.807, 2.05) is 48.5 Å². The van der Waals surface area contributed by atoms with Crippen LogP contribution in [0.5, 0.6) is 0 Å². The quantitative estimate of drug-likeness (QED) is 0.133. The summed E-state index contributed by atoms with van der Waals surface area (Å²) in [6, 6.07) is 35.4. The molecule has 0 saturated heterocycles. The molecule has 0 fully saturated rings. The zero-order valence-corrected chi connectivity index (χ0v) is 28.8. The van der Waals surface area contributed by atoms with Gasteiger partial charge in [-0.15, -0.1) is 53.6 Å². The van der Waals surface area contributed by atoms with Gasteiger partial charge in [-0.05, 0) is 42.9 Å². The predicted molar refractivity (Wildman–Crippen MR) is 178 cm³/mol. The average Bonchev–Trinajstić information content (AvgIpc) is 3.55. The van der Waals surface area contributed by atoms with Gasteiger partial charge < -0.3 is 14.0 Å². The maximum atomic E-state index is 6.15. The average molecular weight is 758 g/mol. The normalized spacial score (nSPS) is 11.4. The van der Waals surface area contributed by atoms with Crippen LogP contribution in [-0.4, -0.2) is 22.6 Å². The number of hydrogen-bond acceptors (Lipinski definition) is 3. The Bertz CT molecular complexity index is 2030. The standard InChI is InChI=1S/C21H15N2O.C16H20NSi.Ir/c1-2-23-18-12-5-4-11-17(18)22-21(23)16-10-7-9-15-14-8-3-6-13-19(14)24-20(15)16;1-12-6-8-14(9-7-12)15-10-13(2)16(11-17-15)18(3,4)5;/h3-9,11-13H,2H2,1H3;6-8,10-11H,1-5H3;/q2*-1;. The van der Waals surface area contributed by atoms with Gasteiger partial charge in [0.25, 0.3) is 0 Å². The Morgan fingerprint density at radius 1 is 0.884 bits per heavy atom. The number of imidazole rings is 1. The van der Waals surface area contributed by atoms with Crippen LogP contribution in [-0.2, 0) is 26.7 Å². The second kappa shape index (κ2) is 12.4. The van der Waals surface area contributed by atoms with E-state index in [-0.39, 0.29) is 20.1 Å². The molecule has 0 amide bonds. The van der Waals surface area contributed by atoms with E-state index >= 15 is 0 Å². The summed E-state index contributed by atoms with van der Waals surface area (Å²) >= 11 is 0. The Morgan fingerprint density at radius 2 is 1.65 bits per heavy atom. The minimum absolute atomic E-state index is 0. The molecule has 4 nitrogen and oxygen atoms in total. The van der Waals surface area contributed by atoms with Crippen molar-refractivity contribution in [3.05, 3.63) is 114 Å². The van der Waals surface area contributed by atoms with Gasteiger partial charge in [0.2, 0.25) is 0 Å². The van der Waals surface area contributed by atoms with Crippen molar-refractivity contribution in [1.82, 2.24) is 14.5 Å². The van der Waals surface area contributed by atoms with Crippen LogP contribution in [0, 0.1) is 26.0 Å². The van der Waals surface area contributed by atoms with Crippen molar-refractivity contribution in [2.24, 2.45) is 0 Å². The van der Waals surface area contributed by atoms with Crippen molar-refractivity contribution in [3.63, 3.8) is 0 Å². The largest absolute Gasteiger partial charge is 0.501 e. The molecule has 7 rings (SSSR count). The molecule has 3 heterocycles. The first kappa shape index (κ1) is 30.6. The van der Waals surface area contributed by atoms with Crippen LogP contribution in [0.15, 0.2) is 95.5 Å². The van der Waals surface area contributed by atoms with Crippen molar-refractivity contribution in [1.29, 1.82) is 0 Å². The van der Waals surface area contributed by atoms with E-state index in [9.17, 15) is 0 Å². The Hall–Kier alpha value is -3.83. The topological polar surface area (TPSA) is 43.9 Å². The fraction of sp³-hybridized carbons (Fsp3) is 0.189. The Morgan fingerprint density at radius 3 is 2.37 bits per heavy atom. The van der Waals surface area contributed by atoms with Gasteiger partial charge in [0.15, 0.2) is 0 Å². The van der Waals surface area contributed by atoms with Crippen molar-refractivity contribution in [2.45, 2.75) is 47.0 Å². The number of furan rings is 1. The molecule has 0 N–H and O–H groups in total. The summed E-state index contributed by atoms with van der Waals surface area (Å²) in [6.07, 6.45) is 2.06. The molecule has 0 aliphatic carbocycles. The van der Waals surface area contributed by atoms with Gasteiger partial charge in [0, 0.05) is 38.2 Å². The number of aromatic nitrogens is 3.